The molecule has 0 saturated carbocycles. The monoisotopic (exact) mass is 338 g/mol. The first-order chi connectivity index (χ1) is 12.1. The lowest BCUT2D eigenvalue weighted by Crippen LogP contribution is -2.29. The van der Waals surface area contributed by atoms with Crippen LogP contribution in [0.25, 0.3) is 10.9 Å². The van der Waals surface area contributed by atoms with E-state index in [1.54, 1.807) is 31.4 Å². The van der Waals surface area contributed by atoms with Crippen molar-refractivity contribution in [2.45, 2.75) is 19.4 Å². The van der Waals surface area contributed by atoms with Gasteiger partial charge < -0.3 is 20.1 Å². The highest BCUT2D eigenvalue weighted by Gasteiger charge is 2.14. The molecule has 3 rings (SSSR count). The topological polar surface area (TPSA) is 74.3 Å². The van der Waals surface area contributed by atoms with E-state index in [4.69, 9.17) is 4.74 Å². The van der Waals surface area contributed by atoms with Crippen LogP contribution in [0.2, 0.25) is 0 Å². The zero-order valence-electron chi connectivity index (χ0n) is 14.4. The van der Waals surface area contributed by atoms with Crippen molar-refractivity contribution in [3.8, 4) is 5.75 Å². The highest BCUT2D eigenvalue weighted by atomic mass is 16.5. The summed E-state index contributed by atoms with van der Waals surface area (Å²) >= 11 is 0. The second-order valence-corrected chi connectivity index (χ2v) is 6.04. The van der Waals surface area contributed by atoms with E-state index in [9.17, 15) is 9.90 Å². The summed E-state index contributed by atoms with van der Waals surface area (Å²) in [5.41, 5.74) is 3.75. The van der Waals surface area contributed by atoms with E-state index in [0.717, 1.165) is 33.5 Å². The number of aliphatic hydroxyl groups excluding tert-OH is 1. The van der Waals surface area contributed by atoms with Gasteiger partial charge in [-0.3, -0.25) is 4.79 Å². The molecule has 1 heterocycles. The summed E-state index contributed by atoms with van der Waals surface area (Å²) < 4.78 is 5.10. The fourth-order valence-corrected chi connectivity index (χ4v) is 2.94. The number of para-hydroxylation sites is 1. The van der Waals surface area contributed by atoms with Crippen LogP contribution in [-0.4, -0.2) is 29.7 Å². The van der Waals surface area contributed by atoms with Gasteiger partial charge in [0.15, 0.2) is 0 Å². The Morgan fingerprint density at radius 3 is 2.64 bits per heavy atom. The van der Waals surface area contributed by atoms with Crippen molar-refractivity contribution in [2.24, 2.45) is 0 Å². The van der Waals surface area contributed by atoms with Gasteiger partial charge in [-0.25, -0.2) is 0 Å². The van der Waals surface area contributed by atoms with Crippen molar-refractivity contribution in [2.75, 3.05) is 13.7 Å². The molecule has 25 heavy (non-hydrogen) atoms. The molecule has 0 spiro atoms. The quantitative estimate of drug-likeness (QED) is 0.647. The summed E-state index contributed by atoms with van der Waals surface area (Å²) in [6.07, 6.45) is -0.468. The lowest BCUT2D eigenvalue weighted by Gasteiger charge is -2.13. The maximum absolute atomic E-state index is 12.3. The molecule has 130 valence electrons. The molecule has 0 aliphatic heterocycles. The fourth-order valence-electron chi connectivity index (χ4n) is 2.94. The Morgan fingerprint density at radius 2 is 1.92 bits per heavy atom. The number of hydrogen-bond donors (Lipinski definition) is 3. The minimum atomic E-state index is -0.751. The van der Waals surface area contributed by atoms with Crippen molar-refractivity contribution in [3.05, 3.63) is 65.4 Å². The van der Waals surface area contributed by atoms with Crippen molar-refractivity contribution < 1.29 is 14.6 Å². The van der Waals surface area contributed by atoms with Gasteiger partial charge in [0.05, 0.1) is 19.6 Å². The molecule has 1 unspecified atom stereocenters. The Labute approximate surface area is 146 Å². The third-order valence-electron chi connectivity index (χ3n) is 4.36. The maximum Gasteiger partial charge on any atom is 0.224 e. The zero-order valence-corrected chi connectivity index (χ0v) is 14.4. The molecule has 1 atom stereocenters. The van der Waals surface area contributed by atoms with Gasteiger partial charge in [0, 0.05) is 23.1 Å². The summed E-state index contributed by atoms with van der Waals surface area (Å²) in [6.45, 7) is 2.14. The maximum atomic E-state index is 12.3. The van der Waals surface area contributed by atoms with Gasteiger partial charge in [-0.15, -0.1) is 0 Å². The number of benzene rings is 2. The molecule has 5 heteroatoms. The summed E-state index contributed by atoms with van der Waals surface area (Å²) in [7, 11) is 1.60. The molecule has 3 N–H and O–H groups in total. The highest BCUT2D eigenvalue weighted by molar-refractivity contribution is 5.90. The Hall–Kier alpha value is -2.79. The van der Waals surface area contributed by atoms with Gasteiger partial charge >= 0.3 is 0 Å². The molecule has 0 aliphatic carbocycles. The number of ether oxygens (including phenoxy) is 1. The number of aliphatic hydroxyl groups is 1. The number of aromatic nitrogens is 1. The standard InChI is InChI=1S/C20H22N2O3/c1-13-17(16-5-3-4-6-18(16)22-13)11-20(24)21-12-19(23)14-7-9-15(25-2)10-8-14/h3-10,19,22-23H,11-12H2,1-2H3,(H,21,24). The first-order valence-electron chi connectivity index (χ1n) is 8.23. The van der Waals surface area contributed by atoms with Crippen molar-refractivity contribution in [3.63, 3.8) is 0 Å². The highest BCUT2D eigenvalue weighted by Crippen LogP contribution is 2.22. The number of carbonyl (C=O) groups is 1. The number of rotatable bonds is 6. The van der Waals surface area contributed by atoms with Crippen molar-refractivity contribution in [1.82, 2.24) is 10.3 Å². The van der Waals surface area contributed by atoms with Crippen LogP contribution in [0.5, 0.6) is 5.75 Å². The second kappa shape index (κ2) is 7.40. The molecule has 2 aromatic carbocycles. The number of nitrogens with one attached hydrogen (secondary N) is 2. The van der Waals surface area contributed by atoms with Crippen LogP contribution in [0, 0.1) is 6.92 Å². The molecular formula is C20H22N2O3. The number of aryl methyl sites for hydroxylation is 1. The van der Waals surface area contributed by atoms with Gasteiger partial charge in [-0.1, -0.05) is 30.3 Å². The number of fused-ring (bicyclic) bond motifs is 1. The average molecular weight is 338 g/mol. The van der Waals surface area contributed by atoms with Gasteiger partial charge in [-0.05, 0) is 36.2 Å². The van der Waals surface area contributed by atoms with Gasteiger partial charge in [0.25, 0.3) is 0 Å². The largest absolute Gasteiger partial charge is 0.497 e. The molecule has 0 aliphatic rings. The molecule has 0 fully saturated rings. The Morgan fingerprint density at radius 1 is 1.20 bits per heavy atom. The lowest BCUT2D eigenvalue weighted by molar-refractivity contribution is -0.120. The van der Waals surface area contributed by atoms with Crippen molar-refractivity contribution >= 4 is 16.8 Å². The van der Waals surface area contributed by atoms with Crippen LogP contribution in [0.4, 0.5) is 0 Å². The predicted octanol–water partition coefficient (Wildman–Crippen LogP) is 2.88. The minimum Gasteiger partial charge on any atom is -0.497 e. The Kier molecular flexibility index (Phi) is 5.05. The van der Waals surface area contributed by atoms with Gasteiger partial charge in [0.2, 0.25) is 5.91 Å². The smallest absolute Gasteiger partial charge is 0.224 e. The minimum absolute atomic E-state index is 0.111. The van der Waals surface area contributed by atoms with Gasteiger partial charge in [0.1, 0.15) is 5.75 Å². The molecule has 1 aromatic heterocycles. The Balaban J connectivity index is 1.61. The predicted molar refractivity (Wildman–Crippen MR) is 97.7 cm³/mol. The molecule has 0 bridgehead atoms. The first kappa shape index (κ1) is 17.0. The molecule has 3 aromatic rings. The van der Waals surface area contributed by atoms with E-state index in [2.05, 4.69) is 10.3 Å². The van der Waals surface area contributed by atoms with Crippen LogP contribution in [0.3, 0.4) is 0 Å². The van der Waals surface area contributed by atoms with Gasteiger partial charge in [-0.2, -0.15) is 0 Å². The van der Waals surface area contributed by atoms with Crippen LogP contribution in [-0.2, 0) is 11.2 Å². The van der Waals surface area contributed by atoms with Crippen LogP contribution >= 0.6 is 0 Å². The lowest BCUT2D eigenvalue weighted by atomic mass is 10.1. The number of methoxy groups -OCH3 is 1. The summed E-state index contributed by atoms with van der Waals surface area (Å²) in [5, 5.41) is 14.1. The second-order valence-electron chi connectivity index (χ2n) is 6.04. The molecule has 0 radical (unpaired) electrons. The third-order valence-corrected chi connectivity index (χ3v) is 4.36. The van der Waals surface area contributed by atoms with E-state index in [0.29, 0.717) is 0 Å². The van der Waals surface area contributed by atoms with Crippen LogP contribution < -0.4 is 10.1 Å². The fraction of sp³-hybridized carbons (Fsp3) is 0.250. The number of H-pyrrole nitrogens is 1. The molecule has 5 nitrogen and oxygen atoms in total. The first-order valence-corrected chi connectivity index (χ1v) is 8.23. The number of amides is 1. The van der Waals surface area contributed by atoms with Crippen molar-refractivity contribution in [1.29, 1.82) is 0 Å². The molecule has 1 amide bonds. The molecule has 0 saturated heterocycles. The third kappa shape index (κ3) is 3.83. The van der Waals surface area contributed by atoms with Crippen LogP contribution in [0.1, 0.15) is 22.9 Å². The zero-order chi connectivity index (χ0) is 17.8. The molecular weight excluding hydrogens is 316 g/mol. The Bertz CT molecular complexity index is 868. The summed E-state index contributed by atoms with van der Waals surface area (Å²) in [6, 6.07) is 15.1. The normalized spacial score (nSPS) is 12.1. The summed E-state index contributed by atoms with van der Waals surface area (Å²) in [4.78, 5) is 15.6. The van der Waals surface area contributed by atoms with E-state index < -0.39 is 6.10 Å². The number of carbonyl (C=O) groups excluding carboxylic acids is 1. The van der Waals surface area contributed by atoms with E-state index in [1.807, 2.05) is 31.2 Å². The number of hydrogen-bond acceptors (Lipinski definition) is 3. The summed E-state index contributed by atoms with van der Waals surface area (Å²) in [5.74, 6) is 0.621. The van der Waals surface area contributed by atoms with E-state index in [-0.39, 0.29) is 18.9 Å². The van der Waals surface area contributed by atoms with Crippen LogP contribution in [0.15, 0.2) is 48.5 Å². The number of aromatic amines is 1. The van der Waals surface area contributed by atoms with E-state index >= 15 is 0 Å². The SMILES string of the molecule is COc1ccc(C(O)CNC(=O)Cc2c(C)[nH]c3ccccc23)cc1. The van der Waals surface area contributed by atoms with E-state index in [1.165, 1.54) is 0 Å². The average Bonchev–Trinajstić information content (AvgIpc) is 2.95.